The molecule has 0 spiro atoms. The maximum atomic E-state index is 12.0. The van der Waals surface area contributed by atoms with Gasteiger partial charge in [-0.3, -0.25) is 0 Å². The Morgan fingerprint density at radius 1 is 0.226 bits per heavy atom. The molecule has 0 amide bonds. The Hall–Kier alpha value is 0.628. The molecule has 106 heavy (non-hydrogen) atoms. The number of aryl methyl sites for hydroxylation is 3. The minimum absolute atomic E-state index is 0. The van der Waals surface area contributed by atoms with Crippen LogP contribution in [0.3, 0.4) is 0 Å². The third kappa shape index (κ3) is 66.9. The summed E-state index contributed by atoms with van der Waals surface area (Å²) in [6, 6.07) is 18.4. The van der Waals surface area contributed by atoms with Crippen molar-refractivity contribution in [3.05, 3.63) is 88.0 Å². The van der Waals surface area contributed by atoms with Crippen LogP contribution in [0, 0.1) is 0 Å². The summed E-state index contributed by atoms with van der Waals surface area (Å²) in [7, 11) is 0. The second-order valence-electron chi connectivity index (χ2n) is 30.9. The number of benzene rings is 3. The first-order valence-corrected chi connectivity index (χ1v) is 55.4. The molecule has 0 aliphatic rings. The fraction of sp³-hybridized carbons (Fsp3) is 0.800. The van der Waals surface area contributed by atoms with E-state index >= 15 is 0 Å². The van der Waals surface area contributed by atoms with Gasteiger partial charge < -0.3 is 65.0 Å². The molecular weight excluding hydrogens is 1560 g/mol. The van der Waals surface area contributed by atoms with E-state index in [9.17, 15) is 14.7 Å². The Kier molecular flexibility index (Phi) is 76.1. The number of hydrogen-bond donors (Lipinski definition) is 0. The van der Waals surface area contributed by atoms with Crippen LogP contribution in [0.15, 0.2) is 54.6 Å². The predicted octanol–water partition coefficient (Wildman–Crippen LogP) is 30.4. The molecule has 3 rings (SSSR count). The van der Waals surface area contributed by atoms with Crippen molar-refractivity contribution >= 4 is 89.2 Å². The van der Waals surface area contributed by atoms with Crippen LogP contribution < -0.4 is 28.3 Å². The first-order valence-electron chi connectivity index (χ1n) is 44.4. The van der Waals surface area contributed by atoms with Gasteiger partial charge in [-0.15, -0.1) is 0 Å². The molecule has 0 N–H and O–H groups in total. The molecule has 0 heterocycles. The van der Waals surface area contributed by atoms with Gasteiger partial charge in [-0.2, -0.15) is 0 Å². The fourth-order valence-corrected chi connectivity index (χ4v) is 17.5. The quantitative estimate of drug-likeness (QED) is 0.0233. The summed E-state index contributed by atoms with van der Waals surface area (Å²) in [4.78, 5) is 36.1. The van der Waals surface area contributed by atoms with Crippen LogP contribution in [-0.2, 0) is 132 Å². The molecule has 3 atom stereocenters. The third-order valence-electron chi connectivity index (χ3n) is 21.1. The van der Waals surface area contributed by atoms with E-state index in [-0.39, 0.29) is 21.1 Å². The van der Waals surface area contributed by atoms with Crippen molar-refractivity contribution in [3.8, 4) is 17.2 Å². The van der Waals surface area contributed by atoms with Crippen molar-refractivity contribution in [2.75, 3.05) is 0 Å². The van der Waals surface area contributed by atoms with Gasteiger partial charge in [0.25, 0.3) is 0 Å². The summed E-state index contributed by atoms with van der Waals surface area (Å²) in [6.07, 6.45) is 86.1. The van der Waals surface area contributed by atoms with E-state index in [0.29, 0.717) is 17.2 Å². The molecule has 612 valence electrons. The van der Waals surface area contributed by atoms with Crippen LogP contribution in [0.25, 0.3) is 0 Å². The van der Waals surface area contributed by atoms with Crippen molar-refractivity contribution < 1.29 is 49.3 Å². The Morgan fingerprint density at radius 2 is 0.358 bits per heavy atom. The first-order chi connectivity index (χ1) is 50.9. The van der Waals surface area contributed by atoms with Crippen LogP contribution in [0.4, 0.5) is 0 Å². The van der Waals surface area contributed by atoms with Crippen molar-refractivity contribution in [1.29, 1.82) is 0 Å². The zero-order valence-corrected chi connectivity index (χ0v) is 78.6. The maximum Gasteiger partial charge on any atom is 6.00 e. The zero-order chi connectivity index (χ0) is 76.9. The molecule has 0 aliphatic carbocycles. The number of rotatable bonds is 72. The molecule has 0 saturated carbocycles. The van der Waals surface area contributed by atoms with Gasteiger partial charge in [0.15, 0.2) is 0 Å². The topological polar surface area (TPSA) is 96.9 Å². The minimum atomic E-state index is -3.39. The molecule has 6 nitrogen and oxygen atoms in total. The molecule has 3 aromatic carbocycles. The van der Waals surface area contributed by atoms with E-state index < -0.39 is 17.1 Å². The van der Waals surface area contributed by atoms with Gasteiger partial charge >= 0.3 is 21.1 Å². The molecule has 0 fully saturated rings. The van der Waals surface area contributed by atoms with E-state index in [0.717, 1.165) is 57.8 Å². The average molecular weight is 1720 g/mol. The summed E-state index contributed by atoms with van der Waals surface area (Å²) in [6.45, 7) is 13.6. The fourth-order valence-electron chi connectivity index (χ4n) is 14.8. The van der Waals surface area contributed by atoms with Crippen molar-refractivity contribution in [2.24, 2.45) is 0 Å². The summed E-state index contributed by atoms with van der Waals surface area (Å²) in [5.74, 6) is 2.00. The molecular formula is C90H159MoO6P3S6. The molecule has 3 unspecified atom stereocenters. The van der Waals surface area contributed by atoms with E-state index in [1.54, 1.807) is 0 Å². The summed E-state index contributed by atoms with van der Waals surface area (Å²) in [5.41, 5.74) is -2.60. The van der Waals surface area contributed by atoms with Crippen molar-refractivity contribution in [3.63, 3.8) is 0 Å². The van der Waals surface area contributed by atoms with Crippen LogP contribution in [-0.4, -0.2) is 0 Å². The van der Waals surface area contributed by atoms with Crippen molar-refractivity contribution in [1.82, 2.24) is 0 Å². The van der Waals surface area contributed by atoms with Crippen LogP contribution in [0.5, 0.6) is 17.2 Å². The molecule has 3 aromatic rings. The van der Waals surface area contributed by atoms with Gasteiger partial charge in [0.2, 0.25) is 0 Å². The molecule has 0 aliphatic heterocycles. The Morgan fingerprint density at radius 3 is 0.500 bits per heavy atom. The van der Waals surface area contributed by atoms with E-state index in [2.05, 4.69) is 59.7 Å². The summed E-state index contributed by atoms with van der Waals surface area (Å²) < 4.78 is 16.8. The largest absolute Gasteiger partial charge is 6.00 e. The Bertz CT molecular complexity index is 2310. The van der Waals surface area contributed by atoms with Gasteiger partial charge in [-0.1, -0.05) is 477 Å². The Labute approximate surface area is 703 Å². The summed E-state index contributed by atoms with van der Waals surface area (Å²) in [5, 5.41) is 0. The predicted molar refractivity (Wildman–Crippen MR) is 479 cm³/mol. The van der Waals surface area contributed by atoms with Gasteiger partial charge in [0.1, 0.15) is 17.2 Å². The first kappa shape index (κ1) is 107. The summed E-state index contributed by atoms with van der Waals surface area (Å²) >= 11 is 29.5. The van der Waals surface area contributed by atoms with Gasteiger partial charge in [-0.05, 0) is 129 Å². The molecule has 16 heteroatoms. The van der Waals surface area contributed by atoms with Crippen molar-refractivity contribution in [2.45, 2.75) is 465 Å². The molecule has 0 bridgehead atoms. The molecule has 0 saturated heterocycles. The van der Waals surface area contributed by atoms with Crippen LogP contribution in [0.2, 0.25) is 0 Å². The van der Waals surface area contributed by atoms with E-state index in [1.165, 1.54) is 399 Å². The maximum absolute atomic E-state index is 12.0. The number of unbranched alkanes of at least 4 members (excludes halogenated alkanes) is 54. The van der Waals surface area contributed by atoms with Gasteiger partial charge in [-0.25, -0.2) is 0 Å². The van der Waals surface area contributed by atoms with Crippen LogP contribution in [0.1, 0.15) is 460 Å². The number of hydrogen-bond acceptors (Lipinski definition) is 12. The molecule has 0 radical (unpaired) electrons. The molecule has 0 aromatic heterocycles. The SMILES string of the molecule is CCCCCCCCCCCCc1cccc(OP([O-])(=S)[S-])c1CCCCCCCCCCCC.CCCCCCCCCCCCc1cccc(OP([O-])(=S)[S-])c1CCCCCCCCCCCC.CCCCCCCCCCCCc1cccc(OP([O-])(=S)[S-])c1CCCCCCCCCCCC.[Mo+6]. The second kappa shape index (κ2) is 75.7. The average Bonchev–Trinajstić information content (AvgIpc) is 0.850. The normalized spacial score (nSPS) is 13.0. The van der Waals surface area contributed by atoms with E-state index in [4.69, 9.17) is 85.7 Å². The van der Waals surface area contributed by atoms with Gasteiger partial charge in [0, 0.05) is 0 Å². The van der Waals surface area contributed by atoms with Crippen LogP contribution >= 0.6 is 17.1 Å². The monoisotopic (exact) mass is 1720 g/mol. The second-order valence-corrected chi connectivity index (χ2v) is 44.9. The standard InChI is InChI=1S/3C30H55O2PS2.Mo/c3*1-3-5-7-9-11-13-15-17-19-21-24-28-25-23-27-30(32-33(31,34)35)29(28)26-22-20-18-16-14-12-10-8-6-4-2;/h3*23,25,27H,3-22,24,26H2,1-2H3,(H2,31,34,35);/q;;;+6/p-6. The zero-order valence-electron chi connectivity index (χ0n) is 69.0. The minimum Gasteiger partial charge on any atom is -0.809 e. The Balaban J connectivity index is 0.00000155. The van der Waals surface area contributed by atoms with E-state index in [1.807, 2.05) is 36.4 Å². The van der Waals surface area contributed by atoms with Gasteiger partial charge in [0.05, 0.1) is 0 Å². The smallest absolute Gasteiger partial charge is 0.809 e. The third-order valence-corrected chi connectivity index (χ3v) is 23.7.